The summed E-state index contributed by atoms with van der Waals surface area (Å²) in [6, 6.07) is 5.59. The van der Waals surface area contributed by atoms with Gasteiger partial charge in [-0.1, -0.05) is 6.07 Å². The van der Waals surface area contributed by atoms with Gasteiger partial charge >= 0.3 is 6.18 Å². The third-order valence-electron chi connectivity index (χ3n) is 5.73. The summed E-state index contributed by atoms with van der Waals surface area (Å²) in [5, 5.41) is 0.0707. The van der Waals surface area contributed by atoms with Crippen LogP contribution in [0.25, 0.3) is 10.9 Å². The fraction of sp³-hybridized carbons (Fsp3) is 0.458. The van der Waals surface area contributed by atoms with Crippen molar-refractivity contribution in [3.63, 3.8) is 0 Å². The molecule has 34 heavy (non-hydrogen) atoms. The summed E-state index contributed by atoms with van der Waals surface area (Å²) in [6.45, 7) is 9.41. The topological polar surface area (TPSA) is 80.3 Å². The molecular weight excluding hydrogens is 449 g/mol. The van der Waals surface area contributed by atoms with Crippen LogP contribution in [-0.2, 0) is 17.5 Å². The van der Waals surface area contributed by atoms with E-state index in [-0.39, 0.29) is 40.4 Å². The van der Waals surface area contributed by atoms with E-state index < -0.39 is 23.4 Å². The van der Waals surface area contributed by atoms with Crippen molar-refractivity contribution in [1.29, 1.82) is 0 Å². The Balaban J connectivity index is 1.55. The number of morpholine rings is 1. The van der Waals surface area contributed by atoms with Gasteiger partial charge in [-0.15, -0.1) is 0 Å². The van der Waals surface area contributed by atoms with Gasteiger partial charge in [-0.2, -0.15) is 13.2 Å². The lowest BCUT2D eigenvalue weighted by atomic mass is 10.00. The van der Waals surface area contributed by atoms with E-state index in [4.69, 9.17) is 9.47 Å². The summed E-state index contributed by atoms with van der Waals surface area (Å²) < 4.78 is 52.9. The molecule has 0 saturated carbocycles. The Hall–Kier alpha value is -2.98. The number of H-pyrrole nitrogens is 1. The van der Waals surface area contributed by atoms with Crippen molar-refractivity contribution in [1.82, 2.24) is 19.9 Å². The van der Waals surface area contributed by atoms with Crippen molar-refractivity contribution in [3.8, 4) is 5.88 Å². The lowest BCUT2D eigenvalue weighted by Gasteiger charge is -2.35. The molecule has 3 atom stereocenters. The molecule has 0 radical (unpaired) electrons. The highest BCUT2D eigenvalue weighted by Gasteiger charge is 2.36. The number of alkyl halides is 3. The normalized spacial score (nSPS) is 20.4. The number of nitrogens with one attached hydrogen (secondary N) is 1. The zero-order valence-electron chi connectivity index (χ0n) is 19.4. The minimum absolute atomic E-state index is 0.0150. The van der Waals surface area contributed by atoms with Crippen molar-refractivity contribution in [2.45, 2.75) is 58.7 Å². The maximum absolute atomic E-state index is 13.8. The average Bonchev–Trinajstić information content (AvgIpc) is 2.73. The van der Waals surface area contributed by atoms with Crippen molar-refractivity contribution >= 4 is 10.9 Å². The Kier molecular flexibility index (Phi) is 6.64. The van der Waals surface area contributed by atoms with Gasteiger partial charge in [0.25, 0.3) is 5.56 Å². The maximum atomic E-state index is 13.8. The predicted molar refractivity (Wildman–Crippen MR) is 121 cm³/mol. The number of aromatic amines is 1. The Bertz CT molecular complexity index is 1220. The molecular formula is C24H27F3N4O3. The fourth-order valence-electron chi connectivity index (χ4n) is 4.39. The number of fused-ring (bicyclic) bond motifs is 1. The van der Waals surface area contributed by atoms with Crippen LogP contribution in [0.3, 0.4) is 0 Å². The van der Waals surface area contributed by atoms with Crippen LogP contribution in [0, 0.1) is 6.92 Å². The van der Waals surface area contributed by atoms with Gasteiger partial charge in [-0.3, -0.25) is 9.69 Å². The van der Waals surface area contributed by atoms with Crippen molar-refractivity contribution in [2.24, 2.45) is 0 Å². The number of benzene rings is 1. The van der Waals surface area contributed by atoms with E-state index in [1.807, 2.05) is 19.9 Å². The molecule has 4 rings (SSSR count). The van der Waals surface area contributed by atoms with Crippen LogP contribution in [-0.4, -0.2) is 45.1 Å². The summed E-state index contributed by atoms with van der Waals surface area (Å²) in [4.78, 5) is 25.4. The highest BCUT2D eigenvalue weighted by atomic mass is 19.4. The number of hydrogen-bond donors (Lipinski definition) is 1. The first kappa shape index (κ1) is 24.2. The standard InChI is InChI=1S/C24H27F3N4O3/c1-13-10-31(11-14(2)33-13)12-17-5-6-22(28-9-17)34-15(3)18-7-19-21(8-20(18)24(25,26)27)29-16(4)30-23(19)32/h5-9,13-15H,10-12H2,1-4H3,(H,29,30,32)/t13-,14+,15-/m0/s1. The number of aromatic nitrogens is 3. The minimum atomic E-state index is -4.64. The molecule has 0 spiro atoms. The van der Waals surface area contributed by atoms with Gasteiger partial charge in [0.1, 0.15) is 11.9 Å². The second-order valence-electron chi connectivity index (χ2n) is 8.82. The van der Waals surface area contributed by atoms with Crippen molar-refractivity contribution in [2.75, 3.05) is 13.1 Å². The third kappa shape index (κ3) is 5.39. The lowest BCUT2D eigenvalue weighted by Crippen LogP contribution is -2.44. The van der Waals surface area contributed by atoms with E-state index in [9.17, 15) is 18.0 Å². The maximum Gasteiger partial charge on any atom is 0.416 e. The molecule has 3 aromatic rings. The molecule has 1 fully saturated rings. The number of halogens is 3. The molecule has 182 valence electrons. The largest absolute Gasteiger partial charge is 0.470 e. The first-order chi connectivity index (χ1) is 16.0. The van der Waals surface area contributed by atoms with Crippen LogP contribution < -0.4 is 10.3 Å². The Labute approximate surface area is 194 Å². The summed E-state index contributed by atoms with van der Waals surface area (Å²) in [5.74, 6) is 0.442. The summed E-state index contributed by atoms with van der Waals surface area (Å²) in [6.07, 6.45) is -3.67. The number of nitrogens with zero attached hydrogens (tertiary/aromatic N) is 3. The predicted octanol–water partition coefficient (Wildman–Crippen LogP) is 4.39. The Morgan fingerprint density at radius 1 is 1.24 bits per heavy atom. The van der Waals surface area contributed by atoms with Crippen molar-refractivity contribution < 1.29 is 22.6 Å². The highest BCUT2D eigenvalue weighted by molar-refractivity contribution is 5.79. The van der Waals surface area contributed by atoms with Crippen LogP contribution in [0.2, 0.25) is 0 Å². The van der Waals surface area contributed by atoms with Crippen LogP contribution in [0.5, 0.6) is 5.88 Å². The van der Waals surface area contributed by atoms with E-state index in [2.05, 4.69) is 19.9 Å². The molecule has 1 saturated heterocycles. The lowest BCUT2D eigenvalue weighted by molar-refractivity contribution is -0.138. The number of ether oxygens (including phenoxy) is 2. The van der Waals surface area contributed by atoms with Gasteiger partial charge in [0.2, 0.25) is 5.88 Å². The molecule has 10 heteroatoms. The Morgan fingerprint density at radius 2 is 1.94 bits per heavy atom. The van der Waals surface area contributed by atoms with E-state index in [0.717, 1.165) is 24.7 Å². The minimum Gasteiger partial charge on any atom is -0.470 e. The number of pyridine rings is 1. The zero-order chi connectivity index (χ0) is 24.6. The number of rotatable bonds is 5. The third-order valence-corrected chi connectivity index (χ3v) is 5.73. The monoisotopic (exact) mass is 476 g/mol. The molecule has 1 aliphatic heterocycles. The first-order valence-corrected chi connectivity index (χ1v) is 11.1. The van der Waals surface area contributed by atoms with Crippen LogP contribution >= 0.6 is 0 Å². The van der Waals surface area contributed by atoms with Crippen LogP contribution in [0.1, 0.15) is 49.4 Å². The van der Waals surface area contributed by atoms with E-state index in [1.165, 1.54) is 19.9 Å². The molecule has 3 heterocycles. The number of aryl methyl sites for hydroxylation is 1. The van der Waals surface area contributed by atoms with Gasteiger partial charge in [0.15, 0.2) is 0 Å². The van der Waals surface area contributed by atoms with Gasteiger partial charge in [0.05, 0.1) is 28.7 Å². The molecule has 0 amide bonds. The Morgan fingerprint density at radius 3 is 2.56 bits per heavy atom. The van der Waals surface area contributed by atoms with E-state index in [1.54, 1.807) is 12.3 Å². The zero-order valence-corrected chi connectivity index (χ0v) is 19.4. The van der Waals surface area contributed by atoms with Gasteiger partial charge in [0, 0.05) is 37.5 Å². The second-order valence-corrected chi connectivity index (χ2v) is 8.82. The SMILES string of the molecule is Cc1nc2cc(C(F)(F)F)c([C@H](C)Oc3ccc(CN4C[C@@H](C)O[C@@H](C)C4)cn3)cc2c(=O)[nH]1. The summed E-state index contributed by atoms with van der Waals surface area (Å²) in [7, 11) is 0. The molecule has 7 nitrogen and oxygen atoms in total. The van der Waals surface area contributed by atoms with Crippen LogP contribution in [0.4, 0.5) is 13.2 Å². The van der Waals surface area contributed by atoms with Gasteiger partial charge < -0.3 is 14.5 Å². The first-order valence-electron chi connectivity index (χ1n) is 11.1. The molecule has 1 aromatic carbocycles. The van der Waals surface area contributed by atoms with Crippen molar-refractivity contribution in [3.05, 3.63) is 63.3 Å². The highest BCUT2D eigenvalue weighted by Crippen LogP contribution is 2.37. The van der Waals surface area contributed by atoms with Crippen LogP contribution in [0.15, 0.2) is 35.3 Å². The molecule has 0 bridgehead atoms. The second kappa shape index (κ2) is 9.34. The van der Waals surface area contributed by atoms with Gasteiger partial charge in [-0.25, -0.2) is 9.97 Å². The quantitative estimate of drug-likeness (QED) is 0.588. The summed E-state index contributed by atoms with van der Waals surface area (Å²) in [5.41, 5.74) is -0.593. The molecule has 0 aliphatic carbocycles. The van der Waals surface area contributed by atoms with E-state index >= 15 is 0 Å². The van der Waals surface area contributed by atoms with Gasteiger partial charge in [-0.05, 0) is 45.4 Å². The smallest absolute Gasteiger partial charge is 0.416 e. The molecule has 1 N–H and O–H groups in total. The van der Waals surface area contributed by atoms with E-state index in [0.29, 0.717) is 6.54 Å². The molecule has 0 unspecified atom stereocenters. The number of hydrogen-bond acceptors (Lipinski definition) is 6. The molecule has 2 aromatic heterocycles. The fourth-order valence-corrected chi connectivity index (χ4v) is 4.39. The summed E-state index contributed by atoms with van der Waals surface area (Å²) >= 11 is 0. The average molecular weight is 476 g/mol. The molecule has 1 aliphatic rings.